The van der Waals surface area contributed by atoms with Crippen LogP contribution in [0.15, 0.2) is 48.5 Å². The minimum atomic E-state index is -0.134. The number of aromatic nitrogens is 2. The lowest BCUT2D eigenvalue weighted by molar-refractivity contribution is -0.885. The molecular formula is C24H28N5O2+. The summed E-state index contributed by atoms with van der Waals surface area (Å²) >= 11 is 0. The second-order valence-corrected chi connectivity index (χ2v) is 8.17. The lowest BCUT2D eigenvalue weighted by atomic mass is 9.99. The highest BCUT2D eigenvalue weighted by Gasteiger charge is 2.23. The smallest absolute Gasteiger partial charge is 0.280 e. The van der Waals surface area contributed by atoms with E-state index in [-0.39, 0.29) is 18.4 Å². The van der Waals surface area contributed by atoms with Crippen molar-refractivity contribution < 1.29 is 14.5 Å². The summed E-state index contributed by atoms with van der Waals surface area (Å²) < 4.78 is 1.76. The number of anilines is 1. The van der Waals surface area contributed by atoms with E-state index in [1.807, 2.05) is 36.4 Å². The standard InChI is InChI=1S/C24H27N5O2/c1-16-11-18(3)20(12-17(16)2)21-13-22(29(27-21)19-7-5-4-6-8-19)26-24(31)15-28-10-9-25-23(30)14-28/h4-8,11-13H,9-10,14-15H2,1-3H3,(H,25,30)(H,26,31)/p+1. The summed E-state index contributed by atoms with van der Waals surface area (Å²) in [7, 11) is 0. The minimum absolute atomic E-state index is 0.0177. The third-order valence-corrected chi connectivity index (χ3v) is 5.72. The molecule has 3 N–H and O–H groups in total. The summed E-state index contributed by atoms with van der Waals surface area (Å²) in [4.78, 5) is 25.4. The van der Waals surface area contributed by atoms with Crippen molar-refractivity contribution in [1.82, 2.24) is 15.1 Å². The van der Waals surface area contributed by atoms with Gasteiger partial charge in [0.05, 0.1) is 24.5 Å². The maximum atomic E-state index is 12.8. The fraction of sp³-hybridized carbons (Fsp3) is 0.292. The number of carbonyl (C=O) groups excluding carboxylic acids is 2. The molecule has 31 heavy (non-hydrogen) atoms. The molecule has 0 spiro atoms. The fourth-order valence-corrected chi connectivity index (χ4v) is 3.93. The Balaban J connectivity index is 1.65. The molecule has 7 heteroatoms. The quantitative estimate of drug-likeness (QED) is 0.586. The number of hydrogen-bond donors (Lipinski definition) is 3. The van der Waals surface area contributed by atoms with Crippen LogP contribution in [0.4, 0.5) is 5.82 Å². The van der Waals surface area contributed by atoms with Crippen LogP contribution in [0.3, 0.4) is 0 Å². The normalized spacial score (nSPS) is 16.1. The van der Waals surface area contributed by atoms with Crippen molar-refractivity contribution in [2.45, 2.75) is 20.8 Å². The summed E-state index contributed by atoms with van der Waals surface area (Å²) in [5.41, 5.74) is 6.31. The molecule has 160 valence electrons. The number of benzene rings is 2. The van der Waals surface area contributed by atoms with Gasteiger partial charge in [-0.3, -0.25) is 9.59 Å². The first-order valence-corrected chi connectivity index (χ1v) is 10.5. The number of quaternary nitrogens is 1. The Labute approximate surface area is 182 Å². The molecule has 1 saturated heterocycles. The van der Waals surface area contributed by atoms with Crippen LogP contribution in [0.25, 0.3) is 16.9 Å². The molecule has 1 aliphatic heterocycles. The van der Waals surface area contributed by atoms with Gasteiger partial charge in [-0.05, 0) is 55.7 Å². The number of nitrogens with zero attached hydrogens (tertiary/aromatic N) is 2. The Morgan fingerprint density at radius 3 is 2.58 bits per heavy atom. The van der Waals surface area contributed by atoms with E-state index in [0.717, 1.165) is 34.0 Å². The molecule has 1 fully saturated rings. The zero-order valence-corrected chi connectivity index (χ0v) is 18.2. The van der Waals surface area contributed by atoms with Gasteiger partial charge in [0.25, 0.3) is 11.8 Å². The first kappa shape index (κ1) is 20.8. The molecule has 4 rings (SSSR count). The van der Waals surface area contributed by atoms with E-state index in [1.54, 1.807) is 4.68 Å². The van der Waals surface area contributed by atoms with E-state index in [1.165, 1.54) is 11.1 Å². The Morgan fingerprint density at radius 1 is 1.10 bits per heavy atom. The number of aryl methyl sites for hydroxylation is 3. The van der Waals surface area contributed by atoms with Crippen LogP contribution in [-0.4, -0.2) is 47.8 Å². The highest BCUT2D eigenvalue weighted by molar-refractivity contribution is 5.92. The van der Waals surface area contributed by atoms with Crippen molar-refractivity contribution in [3.8, 4) is 16.9 Å². The SMILES string of the molecule is Cc1cc(C)c(-c2cc(NC(=O)C[NH+]3CCNC(=O)C3)n(-c3ccccc3)n2)cc1C. The number of hydrogen-bond acceptors (Lipinski definition) is 3. The molecule has 0 aliphatic carbocycles. The average molecular weight is 419 g/mol. The van der Waals surface area contributed by atoms with Crippen molar-refractivity contribution >= 4 is 17.6 Å². The number of rotatable bonds is 5. The van der Waals surface area contributed by atoms with Crippen molar-refractivity contribution in [3.05, 3.63) is 65.2 Å². The van der Waals surface area contributed by atoms with Gasteiger partial charge in [-0.15, -0.1) is 0 Å². The molecule has 1 aromatic heterocycles. The molecule has 0 saturated carbocycles. The molecule has 1 atom stereocenters. The summed E-state index contributed by atoms with van der Waals surface area (Å²) in [5.74, 6) is 0.464. The maximum Gasteiger partial charge on any atom is 0.280 e. The average Bonchev–Trinajstić information content (AvgIpc) is 3.14. The van der Waals surface area contributed by atoms with E-state index >= 15 is 0 Å². The fourth-order valence-electron chi connectivity index (χ4n) is 3.93. The Morgan fingerprint density at radius 2 is 1.84 bits per heavy atom. The molecule has 0 bridgehead atoms. The lowest BCUT2D eigenvalue weighted by Crippen LogP contribution is -3.16. The lowest BCUT2D eigenvalue weighted by Gasteiger charge is -2.22. The Kier molecular flexibility index (Phi) is 5.86. The van der Waals surface area contributed by atoms with Gasteiger partial charge in [0, 0.05) is 11.6 Å². The van der Waals surface area contributed by atoms with Gasteiger partial charge in [0.2, 0.25) is 0 Å². The van der Waals surface area contributed by atoms with E-state index < -0.39 is 0 Å². The summed E-state index contributed by atoms with van der Waals surface area (Å²) in [6.45, 7) is 8.16. The molecule has 2 aromatic carbocycles. The molecule has 7 nitrogen and oxygen atoms in total. The number of carbonyl (C=O) groups is 2. The first-order chi connectivity index (χ1) is 14.9. The van der Waals surface area contributed by atoms with Gasteiger partial charge in [-0.25, -0.2) is 4.68 Å². The van der Waals surface area contributed by atoms with Gasteiger partial charge in [-0.1, -0.05) is 24.3 Å². The van der Waals surface area contributed by atoms with Crippen LogP contribution in [-0.2, 0) is 9.59 Å². The van der Waals surface area contributed by atoms with Crippen LogP contribution in [0, 0.1) is 20.8 Å². The van der Waals surface area contributed by atoms with Crippen LogP contribution in [0.2, 0.25) is 0 Å². The summed E-state index contributed by atoms with van der Waals surface area (Å²) in [6, 6.07) is 16.0. The number of piperazine rings is 1. The number of para-hydroxylation sites is 1. The molecule has 0 radical (unpaired) electrons. The second kappa shape index (κ2) is 8.73. The van der Waals surface area contributed by atoms with Gasteiger partial charge in [0.1, 0.15) is 5.82 Å². The number of nitrogens with one attached hydrogen (secondary N) is 3. The van der Waals surface area contributed by atoms with Crippen molar-refractivity contribution in [2.75, 3.05) is 31.5 Å². The molecular weight excluding hydrogens is 390 g/mol. The predicted molar refractivity (Wildman–Crippen MR) is 120 cm³/mol. The highest BCUT2D eigenvalue weighted by Crippen LogP contribution is 2.29. The Hall–Kier alpha value is -3.45. The molecule has 1 aliphatic rings. The number of amides is 2. The van der Waals surface area contributed by atoms with Gasteiger partial charge in [0.15, 0.2) is 13.1 Å². The van der Waals surface area contributed by atoms with Gasteiger partial charge < -0.3 is 15.5 Å². The van der Waals surface area contributed by atoms with Gasteiger partial charge >= 0.3 is 0 Å². The molecule has 2 amide bonds. The summed E-state index contributed by atoms with van der Waals surface area (Å²) in [5, 5.41) is 10.6. The molecule has 1 unspecified atom stereocenters. The topological polar surface area (TPSA) is 80.5 Å². The zero-order chi connectivity index (χ0) is 22.0. The van der Waals surface area contributed by atoms with Crippen molar-refractivity contribution in [3.63, 3.8) is 0 Å². The monoisotopic (exact) mass is 418 g/mol. The summed E-state index contributed by atoms with van der Waals surface area (Å²) in [6.07, 6.45) is 0. The third kappa shape index (κ3) is 4.67. The van der Waals surface area contributed by atoms with Crippen molar-refractivity contribution in [2.24, 2.45) is 0 Å². The first-order valence-electron chi connectivity index (χ1n) is 10.5. The van der Waals surface area contributed by atoms with E-state index in [4.69, 9.17) is 5.10 Å². The van der Waals surface area contributed by atoms with E-state index in [0.29, 0.717) is 18.9 Å². The predicted octanol–water partition coefficient (Wildman–Crippen LogP) is 1.42. The van der Waals surface area contributed by atoms with Crippen LogP contribution in [0.5, 0.6) is 0 Å². The van der Waals surface area contributed by atoms with E-state index in [9.17, 15) is 9.59 Å². The van der Waals surface area contributed by atoms with Gasteiger partial charge in [-0.2, -0.15) is 5.10 Å². The Bertz CT molecular complexity index is 1120. The minimum Gasteiger partial charge on any atom is -0.346 e. The third-order valence-electron chi connectivity index (χ3n) is 5.72. The highest BCUT2D eigenvalue weighted by atomic mass is 16.2. The maximum absolute atomic E-state index is 12.8. The van der Waals surface area contributed by atoms with Crippen LogP contribution >= 0.6 is 0 Å². The molecule has 2 heterocycles. The van der Waals surface area contributed by atoms with E-state index in [2.05, 4.69) is 43.5 Å². The van der Waals surface area contributed by atoms with Crippen LogP contribution in [0.1, 0.15) is 16.7 Å². The molecule has 3 aromatic rings. The second-order valence-electron chi connectivity index (χ2n) is 8.17. The van der Waals surface area contributed by atoms with Crippen molar-refractivity contribution in [1.29, 1.82) is 0 Å². The van der Waals surface area contributed by atoms with Crippen LogP contribution < -0.4 is 15.5 Å². The largest absolute Gasteiger partial charge is 0.346 e. The zero-order valence-electron chi connectivity index (χ0n) is 18.2.